The highest BCUT2D eigenvalue weighted by molar-refractivity contribution is 7.90. The molecule has 1 heterocycles. The first-order valence-corrected chi connectivity index (χ1v) is 10.7. The summed E-state index contributed by atoms with van der Waals surface area (Å²) in [7, 11) is -3.36. The van der Waals surface area contributed by atoms with Gasteiger partial charge >= 0.3 is 0 Å². The van der Waals surface area contributed by atoms with Gasteiger partial charge in [-0.2, -0.15) is 5.10 Å². The summed E-state index contributed by atoms with van der Waals surface area (Å²) >= 11 is 0. The number of fused-ring (bicyclic) bond motifs is 1. The summed E-state index contributed by atoms with van der Waals surface area (Å²) in [6.07, 6.45) is 4.25. The maximum absolute atomic E-state index is 13.9. The second-order valence-corrected chi connectivity index (χ2v) is 8.99. The molecule has 1 aliphatic carbocycles. The molecular formula is C20H22FN3O3S. The van der Waals surface area contributed by atoms with Gasteiger partial charge < -0.3 is 5.32 Å². The summed E-state index contributed by atoms with van der Waals surface area (Å²) in [5, 5.41) is 9.88. The van der Waals surface area contributed by atoms with Crippen LogP contribution in [0.15, 0.2) is 35.4 Å². The van der Waals surface area contributed by atoms with Gasteiger partial charge in [-0.3, -0.25) is 9.89 Å². The first kappa shape index (κ1) is 20.0. The number of hydrogen-bond acceptors (Lipinski definition) is 4. The number of carbonyl (C=O) groups excluding carboxylic acids is 1. The molecule has 8 heteroatoms. The van der Waals surface area contributed by atoms with Crippen molar-refractivity contribution in [3.63, 3.8) is 0 Å². The summed E-state index contributed by atoms with van der Waals surface area (Å²) in [4.78, 5) is 9.54. The number of amides is 1. The standard InChI is InChI=1S/C16H15FN2O2S.C4H7NO/c1-9-6-13(10(2)14(17)7-9)11-4-5-12-15(8-11)18-19-16(12)22(3,20)21;6-3-5-4-1-2-4/h4-8H,1-3H3,(H,18,19);3-4H,1-2H2,(H,5,6). The molecule has 0 spiro atoms. The molecule has 148 valence electrons. The number of carbonyl (C=O) groups is 1. The van der Waals surface area contributed by atoms with Crippen LogP contribution in [-0.2, 0) is 14.6 Å². The van der Waals surface area contributed by atoms with Crippen molar-refractivity contribution in [2.75, 3.05) is 6.26 Å². The maximum Gasteiger partial charge on any atom is 0.207 e. The zero-order valence-electron chi connectivity index (χ0n) is 15.9. The highest BCUT2D eigenvalue weighted by Gasteiger charge is 2.19. The number of aromatic nitrogens is 2. The van der Waals surface area contributed by atoms with Crippen molar-refractivity contribution < 1.29 is 17.6 Å². The molecule has 0 aliphatic heterocycles. The number of aryl methyl sites for hydroxylation is 1. The van der Waals surface area contributed by atoms with Crippen molar-refractivity contribution in [2.24, 2.45) is 0 Å². The molecule has 2 aromatic carbocycles. The lowest BCUT2D eigenvalue weighted by Crippen LogP contribution is -2.11. The van der Waals surface area contributed by atoms with Crippen LogP contribution in [0.3, 0.4) is 0 Å². The van der Waals surface area contributed by atoms with Gasteiger partial charge in [-0.1, -0.05) is 12.1 Å². The average Bonchev–Trinajstić information content (AvgIpc) is 3.33. The van der Waals surface area contributed by atoms with Crippen LogP contribution < -0.4 is 5.32 Å². The molecule has 1 aromatic heterocycles. The summed E-state index contributed by atoms with van der Waals surface area (Å²) in [5.74, 6) is -0.256. The van der Waals surface area contributed by atoms with Gasteiger partial charge in [0.25, 0.3) is 0 Å². The first-order valence-electron chi connectivity index (χ1n) is 8.85. The van der Waals surface area contributed by atoms with E-state index in [1.807, 2.05) is 13.0 Å². The van der Waals surface area contributed by atoms with Crippen LogP contribution in [-0.4, -0.2) is 37.3 Å². The van der Waals surface area contributed by atoms with Crippen LogP contribution in [0.1, 0.15) is 24.0 Å². The molecule has 1 aliphatic rings. The Bertz CT molecular complexity index is 1140. The van der Waals surface area contributed by atoms with E-state index in [0.717, 1.165) is 29.4 Å². The van der Waals surface area contributed by atoms with Crippen LogP contribution in [0, 0.1) is 19.7 Å². The molecule has 4 rings (SSSR count). The van der Waals surface area contributed by atoms with Crippen LogP contribution in [0.4, 0.5) is 4.39 Å². The van der Waals surface area contributed by atoms with Crippen molar-refractivity contribution in [3.05, 3.63) is 47.3 Å². The minimum absolute atomic E-state index is 0.0983. The highest BCUT2D eigenvalue weighted by atomic mass is 32.2. The molecule has 3 aromatic rings. The number of nitrogens with one attached hydrogen (secondary N) is 2. The van der Waals surface area contributed by atoms with Gasteiger partial charge in [0, 0.05) is 17.7 Å². The average molecular weight is 403 g/mol. The van der Waals surface area contributed by atoms with Crippen LogP contribution in [0.25, 0.3) is 22.0 Å². The Morgan fingerprint density at radius 1 is 1.21 bits per heavy atom. The third kappa shape index (κ3) is 4.39. The lowest BCUT2D eigenvalue weighted by atomic mass is 9.97. The molecule has 28 heavy (non-hydrogen) atoms. The van der Waals surface area contributed by atoms with E-state index in [4.69, 9.17) is 0 Å². The van der Waals surface area contributed by atoms with Gasteiger partial charge in [-0.25, -0.2) is 12.8 Å². The minimum atomic E-state index is -3.36. The van der Waals surface area contributed by atoms with Gasteiger partial charge in [0.1, 0.15) is 5.82 Å². The highest BCUT2D eigenvalue weighted by Crippen LogP contribution is 2.30. The van der Waals surface area contributed by atoms with E-state index in [2.05, 4.69) is 15.5 Å². The Hall–Kier alpha value is -2.74. The zero-order valence-corrected chi connectivity index (χ0v) is 16.7. The molecular weight excluding hydrogens is 381 g/mol. The monoisotopic (exact) mass is 403 g/mol. The van der Waals surface area contributed by atoms with Crippen molar-refractivity contribution in [1.29, 1.82) is 0 Å². The quantitative estimate of drug-likeness (QED) is 0.654. The van der Waals surface area contributed by atoms with Crippen molar-refractivity contribution in [2.45, 2.75) is 37.8 Å². The lowest BCUT2D eigenvalue weighted by molar-refractivity contribution is -0.109. The first-order chi connectivity index (χ1) is 13.2. The number of hydrogen-bond donors (Lipinski definition) is 2. The van der Waals surface area contributed by atoms with E-state index in [-0.39, 0.29) is 10.8 Å². The predicted molar refractivity (Wildman–Crippen MR) is 106 cm³/mol. The third-order valence-electron chi connectivity index (χ3n) is 4.57. The Morgan fingerprint density at radius 3 is 2.50 bits per heavy atom. The number of aromatic amines is 1. The van der Waals surface area contributed by atoms with Crippen LogP contribution in [0.2, 0.25) is 0 Å². The van der Waals surface area contributed by atoms with Crippen LogP contribution in [0.5, 0.6) is 0 Å². The zero-order chi connectivity index (χ0) is 20.5. The van der Waals surface area contributed by atoms with Gasteiger partial charge in [-0.15, -0.1) is 0 Å². The molecule has 0 radical (unpaired) electrons. The van der Waals surface area contributed by atoms with E-state index in [9.17, 15) is 17.6 Å². The third-order valence-corrected chi connectivity index (χ3v) is 5.62. The molecule has 6 nitrogen and oxygen atoms in total. The largest absolute Gasteiger partial charge is 0.356 e. The Balaban J connectivity index is 0.000000320. The molecule has 2 N–H and O–H groups in total. The van der Waals surface area contributed by atoms with E-state index in [1.54, 1.807) is 25.1 Å². The molecule has 1 amide bonds. The SMILES string of the molecule is Cc1cc(F)c(C)c(-c2ccc3c(S(C)(=O)=O)[nH]nc3c2)c1.O=CNC1CC1. The maximum atomic E-state index is 13.9. The van der Waals surface area contributed by atoms with Crippen molar-refractivity contribution in [3.8, 4) is 11.1 Å². The van der Waals surface area contributed by atoms with Crippen molar-refractivity contribution >= 4 is 27.2 Å². The number of benzene rings is 2. The van der Waals surface area contributed by atoms with Gasteiger partial charge in [0.2, 0.25) is 6.41 Å². The fourth-order valence-corrected chi connectivity index (χ4v) is 3.68. The fraction of sp³-hybridized carbons (Fsp3) is 0.300. The molecule has 0 unspecified atom stereocenters. The number of nitrogens with zero attached hydrogens (tertiary/aromatic N) is 1. The topological polar surface area (TPSA) is 91.9 Å². The normalized spacial score (nSPS) is 13.7. The molecule has 0 bridgehead atoms. The van der Waals surface area contributed by atoms with Crippen LogP contribution >= 0.6 is 0 Å². The molecule has 0 saturated heterocycles. The second kappa shape index (κ2) is 7.71. The molecule has 1 saturated carbocycles. The fourth-order valence-electron chi connectivity index (χ4n) is 2.90. The summed E-state index contributed by atoms with van der Waals surface area (Å²) in [6.45, 7) is 3.56. The lowest BCUT2D eigenvalue weighted by Gasteiger charge is -2.09. The summed E-state index contributed by atoms with van der Waals surface area (Å²) < 4.78 is 37.3. The number of sulfone groups is 1. The Morgan fingerprint density at radius 2 is 1.93 bits per heavy atom. The number of H-pyrrole nitrogens is 1. The number of halogens is 1. The Labute approximate surface area is 163 Å². The number of rotatable bonds is 4. The Kier molecular flexibility index (Phi) is 5.51. The van der Waals surface area contributed by atoms with Gasteiger partial charge in [0.05, 0.1) is 5.52 Å². The summed E-state index contributed by atoms with van der Waals surface area (Å²) in [6, 6.07) is 9.18. The molecule has 1 fully saturated rings. The second-order valence-electron chi connectivity index (χ2n) is 7.03. The summed E-state index contributed by atoms with van der Waals surface area (Å²) in [5.41, 5.74) is 3.52. The predicted octanol–water partition coefficient (Wildman–Crippen LogP) is 3.28. The van der Waals surface area contributed by atoms with E-state index in [1.165, 1.54) is 18.9 Å². The smallest absolute Gasteiger partial charge is 0.207 e. The van der Waals surface area contributed by atoms with E-state index in [0.29, 0.717) is 22.5 Å². The van der Waals surface area contributed by atoms with E-state index >= 15 is 0 Å². The van der Waals surface area contributed by atoms with Gasteiger partial charge in [0.15, 0.2) is 14.9 Å². The van der Waals surface area contributed by atoms with E-state index < -0.39 is 9.84 Å². The minimum Gasteiger partial charge on any atom is -0.356 e. The molecule has 0 atom stereocenters. The van der Waals surface area contributed by atoms with Crippen molar-refractivity contribution in [1.82, 2.24) is 15.5 Å². The van der Waals surface area contributed by atoms with Gasteiger partial charge in [-0.05, 0) is 67.1 Å².